The zero-order valence-corrected chi connectivity index (χ0v) is 34.1. The molecule has 2 aromatic heterocycles. The van der Waals surface area contributed by atoms with Crippen molar-refractivity contribution in [2.24, 2.45) is 5.92 Å². The molecule has 1 aliphatic heterocycles. The van der Waals surface area contributed by atoms with Gasteiger partial charge in [-0.3, -0.25) is 0 Å². The van der Waals surface area contributed by atoms with Gasteiger partial charge in [0.15, 0.2) is 17.5 Å². The molecule has 13 rings (SSSR count). The van der Waals surface area contributed by atoms with E-state index in [1.54, 1.807) is 0 Å². The van der Waals surface area contributed by atoms with Crippen LogP contribution in [0.5, 0.6) is 11.5 Å². The monoisotopic (exact) mass is 806 g/mol. The van der Waals surface area contributed by atoms with Gasteiger partial charge in [0.1, 0.15) is 11.5 Å². The number of allylic oxidation sites excluding steroid dienone is 4. The smallest absolute Gasteiger partial charge is 0.164 e. The van der Waals surface area contributed by atoms with Gasteiger partial charge in [0, 0.05) is 56.1 Å². The first kappa shape index (κ1) is 35.6. The summed E-state index contributed by atoms with van der Waals surface area (Å²) in [5.74, 6) is 4.19. The molecule has 1 spiro atoms. The molecule has 3 heterocycles. The SMILES string of the molecule is C1=CC2c3ccccc3C3(c4ccccc4Oc4ccc(-c5ccc(-c6nc(-c7ccccc7)nc(-c7ccc(-n8c9ccccc9c9ccccc98)cc7)n6)cc5)cc43)C2C=C1. The fourth-order valence-electron chi connectivity index (χ4n) is 10.7. The van der Waals surface area contributed by atoms with Crippen molar-refractivity contribution in [1.82, 2.24) is 19.5 Å². The first-order chi connectivity index (χ1) is 31.2. The molecule has 0 fully saturated rings. The summed E-state index contributed by atoms with van der Waals surface area (Å²) >= 11 is 0. The molecule has 0 bridgehead atoms. The Morgan fingerprint density at radius 1 is 0.413 bits per heavy atom. The summed E-state index contributed by atoms with van der Waals surface area (Å²) in [5.41, 5.74) is 13.2. The van der Waals surface area contributed by atoms with E-state index in [4.69, 9.17) is 19.7 Å². The highest BCUT2D eigenvalue weighted by Crippen LogP contribution is 2.64. The van der Waals surface area contributed by atoms with E-state index < -0.39 is 5.41 Å². The van der Waals surface area contributed by atoms with Crippen LogP contribution in [0.15, 0.2) is 218 Å². The summed E-state index contributed by atoms with van der Waals surface area (Å²) in [6.45, 7) is 0. The van der Waals surface area contributed by atoms with Crippen LogP contribution in [0.4, 0.5) is 0 Å². The zero-order chi connectivity index (χ0) is 41.5. The number of rotatable bonds is 5. The average molecular weight is 807 g/mol. The topological polar surface area (TPSA) is 52.8 Å². The standard InChI is InChI=1S/C58H38N4O/c1-2-14-38(15-3-1)55-59-56(61-57(60-55)40-30-33-42(34-31-40)62-51-23-11-6-18-45(51)46-19-7-12-24-52(46)62)39-28-26-37(27-29-39)41-32-35-54-50(36-41)58(49-22-10-13-25-53(49)63-54)47-20-8-4-16-43(47)44-17-5-9-21-48(44)58/h1-36,43,47H. The number of benzene rings is 8. The van der Waals surface area contributed by atoms with E-state index in [9.17, 15) is 0 Å². The molecular weight excluding hydrogens is 769 g/mol. The lowest BCUT2D eigenvalue weighted by Crippen LogP contribution is -2.37. The predicted octanol–water partition coefficient (Wildman–Crippen LogP) is 13.9. The molecule has 63 heavy (non-hydrogen) atoms. The van der Waals surface area contributed by atoms with E-state index >= 15 is 0 Å². The normalized spacial score (nSPS) is 17.9. The van der Waals surface area contributed by atoms with E-state index in [0.717, 1.165) is 45.0 Å². The summed E-state index contributed by atoms with van der Waals surface area (Å²) in [6.07, 6.45) is 9.19. The predicted molar refractivity (Wildman–Crippen MR) is 253 cm³/mol. The van der Waals surface area contributed by atoms with Crippen molar-refractivity contribution in [3.05, 3.63) is 241 Å². The summed E-state index contributed by atoms with van der Waals surface area (Å²) in [7, 11) is 0. The van der Waals surface area contributed by atoms with E-state index in [2.05, 4.69) is 193 Å². The molecule has 0 amide bonds. The van der Waals surface area contributed by atoms with Crippen LogP contribution in [-0.2, 0) is 5.41 Å². The molecule has 2 aliphatic carbocycles. The molecule has 0 saturated carbocycles. The summed E-state index contributed by atoms with van der Waals surface area (Å²) in [5, 5.41) is 2.47. The maximum absolute atomic E-state index is 6.72. The third kappa shape index (κ3) is 5.39. The number of ether oxygens (including phenoxy) is 1. The van der Waals surface area contributed by atoms with Crippen molar-refractivity contribution in [2.45, 2.75) is 11.3 Å². The van der Waals surface area contributed by atoms with Crippen molar-refractivity contribution < 1.29 is 4.74 Å². The van der Waals surface area contributed by atoms with Gasteiger partial charge in [-0.05, 0) is 76.9 Å². The number of nitrogens with zero attached hydrogens (tertiary/aromatic N) is 4. The Morgan fingerprint density at radius 2 is 0.937 bits per heavy atom. The maximum atomic E-state index is 6.72. The molecule has 5 nitrogen and oxygen atoms in total. The minimum Gasteiger partial charge on any atom is -0.457 e. The Labute approximate surface area is 365 Å². The highest BCUT2D eigenvalue weighted by atomic mass is 16.5. The van der Waals surface area contributed by atoms with E-state index in [0.29, 0.717) is 17.5 Å². The van der Waals surface area contributed by atoms with E-state index in [1.807, 2.05) is 30.3 Å². The van der Waals surface area contributed by atoms with Gasteiger partial charge in [0.2, 0.25) is 0 Å². The molecule has 0 saturated heterocycles. The first-order valence-corrected chi connectivity index (χ1v) is 21.6. The molecular formula is C58H38N4O. The number of para-hydroxylation sites is 3. The quantitative estimate of drug-likeness (QED) is 0.174. The van der Waals surface area contributed by atoms with Crippen molar-refractivity contribution in [2.75, 3.05) is 0 Å². The molecule has 10 aromatic rings. The number of hydrogen-bond donors (Lipinski definition) is 0. The van der Waals surface area contributed by atoms with Gasteiger partial charge in [0.25, 0.3) is 0 Å². The Balaban J connectivity index is 0.893. The zero-order valence-electron chi connectivity index (χ0n) is 34.1. The van der Waals surface area contributed by atoms with Crippen LogP contribution in [0.1, 0.15) is 28.2 Å². The number of aromatic nitrogens is 4. The fourth-order valence-corrected chi connectivity index (χ4v) is 10.7. The highest BCUT2D eigenvalue weighted by molar-refractivity contribution is 6.09. The second-order valence-corrected chi connectivity index (χ2v) is 16.7. The molecule has 8 aromatic carbocycles. The van der Waals surface area contributed by atoms with Gasteiger partial charge in [-0.2, -0.15) is 0 Å². The lowest BCUT2D eigenvalue weighted by atomic mass is 9.61. The summed E-state index contributed by atoms with van der Waals surface area (Å²) in [6, 6.07) is 68.8. The molecule has 3 unspecified atom stereocenters. The molecule has 3 atom stereocenters. The lowest BCUT2D eigenvalue weighted by Gasteiger charge is -2.43. The van der Waals surface area contributed by atoms with E-state index in [1.165, 1.54) is 44.1 Å². The highest BCUT2D eigenvalue weighted by Gasteiger charge is 2.56. The second kappa shape index (κ2) is 13.9. The van der Waals surface area contributed by atoms with Gasteiger partial charge in [-0.15, -0.1) is 0 Å². The van der Waals surface area contributed by atoms with Crippen molar-refractivity contribution in [1.29, 1.82) is 0 Å². The second-order valence-electron chi connectivity index (χ2n) is 16.7. The van der Waals surface area contributed by atoms with Gasteiger partial charge < -0.3 is 9.30 Å². The minimum atomic E-state index is -0.403. The Bertz CT molecular complexity index is 3440. The van der Waals surface area contributed by atoms with Crippen molar-refractivity contribution in [3.8, 4) is 62.5 Å². The van der Waals surface area contributed by atoms with Crippen LogP contribution < -0.4 is 4.74 Å². The first-order valence-electron chi connectivity index (χ1n) is 21.6. The number of hydrogen-bond acceptors (Lipinski definition) is 4. The van der Waals surface area contributed by atoms with Crippen LogP contribution in [0, 0.1) is 5.92 Å². The molecule has 0 N–H and O–H groups in total. The van der Waals surface area contributed by atoms with Crippen LogP contribution in [0.3, 0.4) is 0 Å². The molecule has 5 heteroatoms. The molecule has 3 aliphatic rings. The van der Waals surface area contributed by atoms with Gasteiger partial charge >= 0.3 is 0 Å². The summed E-state index contributed by atoms with van der Waals surface area (Å²) in [4.78, 5) is 15.2. The Morgan fingerprint density at radius 3 is 1.65 bits per heavy atom. The lowest BCUT2D eigenvalue weighted by molar-refractivity contribution is 0.374. The Kier molecular flexibility index (Phi) is 7.88. The minimum absolute atomic E-state index is 0.211. The molecule has 296 valence electrons. The third-order valence-electron chi connectivity index (χ3n) is 13.4. The largest absolute Gasteiger partial charge is 0.457 e. The van der Waals surface area contributed by atoms with Crippen molar-refractivity contribution >= 4 is 21.8 Å². The number of fused-ring (bicyclic) bond motifs is 12. The fraction of sp³-hybridized carbons (Fsp3) is 0.0517. The third-order valence-corrected chi connectivity index (χ3v) is 13.4. The van der Waals surface area contributed by atoms with Crippen molar-refractivity contribution in [3.63, 3.8) is 0 Å². The average Bonchev–Trinajstić information content (AvgIpc) is 3.85. The summed E-state index contributed by atoms with van der Waals surface area (Å²) < 4.78 is 9.04. The maximum Gasteiger partial charge on any atom is 0.164 e. The van der Waals surface area contributed by atoms with Crippen LogP contribution in [0.2, 0.25) is 0 Å². The van der Waals surface area contributed by atoms with Gasteiger partial charge in [0.05, 0.1) is 16.4 Å². The van der Waals surface area contributed by atoms with Gasteiger partial charge in [-0.1, -0.05) is 164 Å². The Hall–Kier alpha value is -8.15. The van der Waals surface area contributed by atoms with E-state index in [-0.39, 0.29) is 11.8 Å². The van der Waals surface area contributed by atoms with Crippen LogP contribution in [-0.4, -0.2) is 19.5 Å². The van der Waals surface area contributed by atoms with Gasteiger partial charge in [-0.25, -0.2) is 15.0 Å². The molecule has 0 radical (unpaired) electrons. The van der Waals surface area contributed by atoms with Crippen LogP contribution in [0.25, 0.3) is 72.8 Å². The van der Waals surface area contributed by atoms with Crippen LogP contribution >= 0.6 is 0 Å².